The van der Waals surface area contributed by atoms with E-state index in [1.54, 1.807) is 12.3 Å². The number of nitro benzene ring substituents is 1. The Bertz CT molecular complexity index is 688. The van der Waals surface area contributed by atoms with Gasteiger partial charge >= 0.3 is 0 Å². The molecule has 1 aromatic carbocycles. The molecule has 1 aliphatic rings. The zero-order valence-electron chi connectivity index (χ0n) is 11.9. The first-order chi connectivity index (χ1) is 10.1. The van der Waals surface area contributed by atoms with E-state index in [1.165, 1.54) is 0 Å². The standard InChI is InChI=1S/C15H18N4O2/c1-10-9-11(16)6-8-18(10)13-4-5-14(19(20)21)15-12(13)3-2-7-17-15/h2-5,7,10-11H,6,8-9,16H2,1H3. The predicted octanol–water partition coefficient (Wildman–Crippen LogP) is 2.46. The van der Waals surface area contributed by atoms with Crippen LogP contribution >= 0.6 is 0 Å². The molecule has 6 nitrogen and oxygen atoms in total. The number of nitrogens with zero attached hydrogens (tertiary/aromatic N) is 3. The molecular formula is C15H18N4O2. The molecular weight excluding hydrogens is 268 g/mol. The van der Waals surface area contributed by atoms with E-state index in [2.05, 4.69) is 16.8 Å². The lowest BCUT2D eigenvalue weighted by Gasteiger charge is -2.38. The number of hydrogen-bond donors (Lipinski definition) is 1. The number of fused-ring (bicyclic) bond motifs is 1. The Hall–Kier alpha value is -2.21. The highest BCUT2D eigenvalue weighted by Gasteiger charge is 2.26. The minimum atomic E-state index is -0.380. The molecule has 0 saturated carbocycles. The van der Waals surface area contributed by atoms with Gasteiger partial charge in [-0.25, -0.2) is 4.98 Å². The second-order valence-electron chi connectivity index (χ2n) is 5.59. The fourth-order valence-electron chi connectivity index (χ4n) is 3.11. The van der Waals surface area contributed by atoms with Crippen LogP contribution in [-0.4, -0.2) is 28.5 Å². The van der Waals surface area contributed by atoms with Gasteiger partial charge in [0.05, 0.1) is 4.92 Å². The zero-order valence-corrected chi connectivity index (χ0v) is 11.9. The number of aromatic nitrogens is 1. The predicted molar refractivity (Wildman–Crippen MR) is 82.4 cm³/mol. The summed E-state index contributed by atoms with van der Waals surface area (Å²) in [6.45, 7) is 3.01. The summed E-state index contributed by atoms with van der Waals surface area (Å²) in [6.07, 6.45) is 3.45. The summed E-state index contributed by atoms with van der Waals surface area (Å²) in [5, 5.41) is 12.0. The SMILES string of the molecule is CC1CC(N)CCN1c1ccc([N+](=O)[O-])c2ncccc12. The molecule has 0 amide bonds. The molecule has 2 unspecified atom stereocenters. The largest absolute Gasteiger partial charge is 0.368 e. The second kappa shape index (κ2) is 5.29. The van der Waals surface area contributed by atoms with Gasteiger partial charge in [-0.2, -0.15) is 0 Å². The van der Waals surface area contributed by atoms with Crippen LogP contribution in [0.5, 0.6) is 0 Å². The number of benzene rings is 1. The summed E-state index contributed by atoms with van der Waals surface area (Å²) in [7, 11) is 0. The Morgan fingerprint density at radius 1 is 1.43 bits per heavy atom. The number of non-ortho nitro benzene ring substituents is 1. The lowest BCUT2D eigenvalue weighted by molar-refractivity contribution is -0.383. The number of pyridine rings is 1. The van der Waals surface area contributed by atoms with Crippen molar-refractivity contribution in [3.63, 3.8) is 0 Å². The van der Waals surface area contributed by atoms with E-state index >= 15 is 0 Å². The van der Waals surface area contributed by atoms with Crippen LogP contribution in [0.25, 0.3) is 10.9 Å². The normalized spacial score (nSPS) is 22.5. The van der Waals surface area contributed by atoms with E-state index in [0.717, 1.165) is 30.5 Å². The monoisotopic (exact) mass is 286 g/mol. The van der Waals surface area contributed by atoms with Crippen LogP contribution in [0.4, 0.5) is 11.4 Å². The number of nitrogens with two attached hydrogens (primary N) is 1. The highest BCUT2D eigenvalue weighted by Crippen LogP contribution is 2.34. The third kappa shape index (κ3) is 2.42. The molecule has 1 aliphatic heterocycles. The Balaban J connectivity index is 2.12. The van der Waals surface area contributed by atoms with Gasteiger partial charge in [0, 0.05) is 42.0 Å². The van der Waals surface area contributed by atoms with Crippen LogP contribution in [0.2, 0.25) is 0 Å². The molecule has 2 aromatic rings. The molecule has 21 heavy (non-hydrogen) atoms. The lowest BCUT2D eigenvalue weighted by Crippen LogP contribution is -2.45. The van der Waals surface area contributed by atoms with Crippen LogP contribution in [0.15, 0.2) is 30.5 Å². The average molecular weight is 286 g/mol. The van der Waals surface area contributed by atoms with Crippen molar-refractivity contribution >= 4 is 22.3 Å². The minimum absolute atomic E-state index is 0.0516. The van der Waals surface area contributed by atoms with Crippen molar-refractivity contribution in [2.24, 2.45) is 5.73 Å². The van der Waals surface area contributed by atoms with Crippen molar-refractivity contribution in [1.82, 2.24) is 4.98 Å². The number of hydrogen-bond acceptors (Lipinski definition) is 5. The van der Waals surface area contributed by atoms with Crippen LogP contribution in [0, 0.1) is 10.1 Å². The Kier molecular flexibility index (Phi) is 3.47. The van der Waals surface area contributed by atoms with Crippen molar-refractivity contribution in [1.29, 1.82) is 0 Å². The summed E-state index contributed by atoms with van der Waals surface area (Å²) in [5.41, 5.74) is 7.51. The van der Waals surface area contributed by atoms with Crippen molar-refractivity contribution in [3.8, 4) is 0 Å². The third-order valence-electron chi connectivity index (χ3n) is 4.15. The Morgan fingerprint density at radius 2 is 2.24 bits per heavy atom. The summed E-state index contributed by atoms with van der Waals surface area (Å²) in [6, 6.07) is 7.64. The van der Waals surface area contributed by atoms with Crippen molar-refractivity contribution in [2.75, 3.05) is 11.4 Å². The summed E-state index contributed by atoms with van der Waals surface area (Å²) < 4.78 is 0. The first-order valence-electron chi connectivity index (χ1n) is 7.12. The van der Waals surface area contributed by atoms with E-state index < -0.39 is 0 Å². The van der Waals surface area contributed by atoms with E-state index in [1.807, 2.05) is 18.2 Å². The zero-order chi connectivity index (χ0) is 15.0. The van der Waals surface area contributed by atoms with Gasteiger partial charge in [-0.05, 0) is 38.0 Å². The summed E-state index contributed by atoms with van der Waals surface area (Å²) in [5.74, 6) is 0. The fourth-order valence-corrected chi connectivity index (χ4v) is 3.11. The van der Waals surface area contributed by atoms with Gasteiger partial charge in [0.2, 0.25) is 0 Å². The molecule has 0 aliphatic carbocycles. The molecule has 2 atom stereocenters. The number of piperidine rings is 1. The average Bonchev–Trinajstić information content (AvgIpc) is 2.46. The molecule has 1 fully saturated rings. The van der Waals surface area contributed by atoms with E-state index in [9.17, 15) is 10.1 Å². The molecule has 110 valence electrons. The number of rotatable bonds is 2. The maximum atomic E-state index is 11.1. The van der Waals surface area contributed by atoms with Crippen molar-refractivity contribution in [2.45, 2.75) is 31.8 Å². The van der Waals surface area contributed by atoms with Gasteiger partial charge in [-0.15, -0.1) is 0 Å². The van der Waals surface area contributed by atoms with Crippen LogP contribution in [0.3, 0.4) is 0 Å². The molecule has 3 rings (SSSR count). The lowest BCUT2D eigenvalue weighted by atomic mass is 9.97. The van der Waals surface area contributed by atoms with Gasteiger partial charge in [0.15, 0.2) is 0 Å². The molecule has 1 aromatic heterocycles. The Morgan fingerprint density at radius 3 is 2.95 bits per heavy atom. The number of nitro groups is 1. The van der Waals surface area contributed by atoms with Crippen LogP contribution < -0.4 is 10.6 Å². The van der Waals surface area contributed by atoms with E-state index in [4.69, 9.17) is 5.73 Å². The van der Waals surface area contributed by atoms with E-state index in [0.29, 0.717) is 11.6 Å². The first kappa shape index (κ1) is 13.8. The first-order valence-corrected chi connectivity index (χ1v) is 7.12. The second-order valence-corrected chi connectivity index (χ2v) is 5.59. The van der Waals surface area contributed by atoms with Crippen LogP contribution in [-0.2, 0) is 0 Å². The highest BCUT2D eigenvalue weighted by atomic mass is 16.6. The third-order valence-corrected chi connectivity index (χ3v) is 4.15. The van der Waals surface area contributed by atoms with Crippen molar-refractivity contribution < 1.29 is 4.92 Å². The fraction of sp³-hybridized carbons (Fsp3) is 0.400. The molecule has 6 heteroatoms. The quantitative estimate of drug-likeness (QED) is 0.677. The number of anilines is 1. The molecule has 0 radical (unpaired) electrons. The van der Waals surface area contributed by atoms with Gasteiger partial charge < -0.3 is 10.6 Å². The van der Waals surface area contributed by atoms with Gasteiger partial charge in [-0.1, -0.05) is 0 Å². The molecule has 0 bridgehead atoms. The molecule has 0 spiro atoms. The summed E-state index contributed by atoms with van der Waals surface area (Å²) >= 11 is 0. The van der Waals surface area contributed by atoms with Gasteiger partial charge in [0.25, 0.3) is 5.69 Å². The smallest absolute Gasteiger partial charge is 0.295 e. The van der Waals surface area contributed by atoms with Crippen molar-refractivity contribution in [3.05, 3.63) is 40.6 Å². The summed E-state index contributed by atoms with van der Waals surface area (Å²) in [4.78, 5) is 17.2. The maximum Gasteiger partial charge on any atom is 0.295 e. The van der Waals surface area contributed by atoms with Crippen LogP contribution in [0.1, 0.15) is 19.8 Å². The van der Waals surface area contributed by atoms with E-state index in [-0.39, 0.29) is 16.7 Å². The van der Waals surface area contributed by atoms with Gasteiger partial charge in [-0.3, -0.25) is 10.1 Å². The minimum Gasteiger partial charge on any atom is -0.368 e. The molecule has 2 heterocycles. The Labute approximate surface area is 122 Å². The topological polar surface area (TPSA) is 85.3 Å². The maximum absolute atomic E-state index is 11.1. The molecule has 1 saturated heterocycles. The highest BCUT2D eigenvalue weighted by molar-refractivity contribution is 5.97. The molecule has 2 N–H and O–H groups in total. The van der Waals surface area contributed by atoms with Gasteiger partial charge in [0.1, 0.15) is 5.52 Å².